The molecule has 0 spiro atoms. The largest absolute Gasteiger partial charge is 0.311 e. The Morgan fingerprint density at radius 2 is 1.67 bits per heavy atom. The highest BCUT2D eigenvalue weighted by molar-refractivity contribution is 6.01. The molecule has 1 aromatic rings. The lowest BCUT2D eigenvalue weighted by atomic mass is 9.49. The molecule has 0 aromatic heterocycles. The predicted octanol–water partition coefficient (Wildman–Crippen LogP) is 3.99. The molecule has 0 radical (unpaired) electrons. The third-order valence-electron chi connectivity index (χ3n) is 7.12. The van der Waals surface area contributed by atoms with Gasteiger partial charge in [-0.2, -0.15) is 0 Å². The van der Waals surface area contributed by atoms with Crippen LogP contribution in [0.4, 0.5) is 5.69 Å². The van der Waals surface area contributed by atoms with Gasteiger partial charge >= 0.3 is 0 Å². The summed E-state index contributed by atoms with van der Waals surface area (Å²) in [6, 6.07) is 5.87. The van der Waals surface area contributed by atoms with E-state index in [9.17, 15) is 9.59 Å². The zero-order chi connectivity index (χ0) is 16.5. The predicted molar refractivity (Wildman–Crippen MR) is 93.1 cm³/mol. The van der Waals surface area contributed by atoms with Crippen molar-refractivity contribution in [3.05, 3.63) is 29.3 Å². The molecule has 4 fully saturated rings. The van der Waals surface area contributed by atoms with Gasteiger partial charge in [-0.3, -0.25) is 9.59 Å². The second-order valence-electron chi connectivity index (χ2n) is 8.80. The molecule has 1 aliphatic heterocycles. The SMILES string of the molecule is CC(=O)c1ccc2c(c1)CCN2C(=O)C12CC3CC(CC(C3)C1)C2. The summed E-state index contributed by atoms with van der Waals surface area (Å²) in [5.41, 5.74) is 2.91. The van der Waals surface area contributed by atoms with Gasteiger partial charge in [0.05, 0.1) is 5.41 Å². The van der Waals surface area contributed by atoms with Gasteiger partial charge in [-0.15, -0.1) is 0 Å². The summed E-state index contributed by atoms with van der Waals surface area (Å²) in [5, 5.41) is 0. The number of benzene rings is 1. The van der Waals surface area contributed by atoms with Gasteiger partial charge in [-0.25, -0.2) is 0 Å². The number of anilines is 1. The number of carbonyl (C=O) groups is 2. The first kappa shape index (κ1) is 14.7. The minimum Gasteiger partial charge on any atom is -0.311 e. The van der Waals surface area contributed by atoms with E-state index in [4.69, 9.17) is 0 Å². The first-order valence-electron chi connectivity index (χ1n) is 9.50. The van der Waals surface area contributed by atoms with Crippen LogP contribution in [-0.2, 0) is 11.2 Å². The number of fused-ring (bicyclic) bond motifs is 1. The Hall–Kier alpha value is -1.64. The van der Waals surface area contributed by atoms with Gasteiger partial charge in [0.1, 0.15) is 0 Å². The summed E-state index contributed by atoms with van der Waals surface area (Å²) in [7, 11) is 0. The average molecular weight is 323 g/mol. The third kappa shape index (κ3) is 2.03. The van der Waals surface area contributed by atoms with Crippen molar-refractivity contribution in [3.8, 4) is 0 Å². The van der Waals surface area contributed by atoms with E-state index in [1.807, 2.05) is 23.1 Å². The third-order valence-corrected chi connectivity index (χ3v) is 7.12. The van der Waals surface area contributed by atoms with Crippen LogP contribution in [0.2, 0.25) is 0 Å². The monoisotopic (exact) mass is 323 g/mol. The van der Waals surface area contributed by atoms with E-state index in [1.54, 1.807) is 6.92 Å². The fourth-order valence-electron chi connectivity index (χ4n) is 6.49. The van der Waals surface area contributed by atoms with Crippen molar-refractivity contribution in [1.29, 1.82) is 0 Å². The Bertz CT molecular complexity index is 700. The van der Waals surface area contributed by atoms with E-state index < -0.39 is 0 Å². The second kappa shape index (κ2) is 4.93. The lowest BCUT2D eigenvalue weighted by Crippen LogP contribution is -2.54. The van der Waals surface area contributed by atoms with E-state index in [0.717, 1.165) is 61.2 Å². The molecule has 3 nitrogen and oxygen atoms in total. The molecule has 1 aromatic carbocycles. The molecule has 1 heterocycles. The summed E-state index contributed by atoms with van der Waals surface area (Å²) in [6.07, 6.45) is 8.34. The van der Waals surface area contributed by atoms with Crippen molar-refractivity contribution in [3.63, 3.8) is 0 Å². The first-order chi connectivity index (χ1) is 11.5. The molecule has 126 valence electrons. The smallest absolute Gasteiger partial charge is 0.233 e. The lowest BCUT2D eigenvalue weighted by molar-refractivity contribution is -0.143. The van der Waals surface area contributed by atoms with Crippen LogP contribution in [0.1, 0.15) is 61.4 Å². The first-order valence-corrected chi connectivity index (χ1v) is 9.50. The van der Waals surface area contributed by atoms with Crippen molar-refractivity contribution in [1.82, 2.24) is 0 Å². The number of Topliss-reactive ketones (excluding diaryl/α,β-unsaturated/α-hetero) is 1. The molecule has 1 amide bonds. The van der Waals surface area contributed by atoms with Crippen LogP contribution >= 0.6 is 0 Å². The maximum absolute atomic E-state index is 13.5. The molecule has 4 bridgehead atoms. The maximum atomic E-state index is 13.5. The van der Waals surface area contributed by atoms with Crippen molar-refractivity contribution in [2.75, 3.05) is 11.4 Å². The number of hydrogen-bond acceptors (Lipinski definition) is 2. The van der Waals surface area contributed by atoms with Gasteiger partial charge in [0.25, 0.3) is 0 Å². The summed E-state index contributed by atoms with van der Waals surface area (Å²) in [4.78, 5) is 27.2. The van der Waals surface area contributed by atoms with Crippen molar-refractivity contribution >= 4 is 17.4 Å². The highest BCUT2D eigenvalue weighted by Crippen LogP contribution is 2.61. The highest BCUT2D eigenvalue weighted by atomic mass is 16.2. The normalized spacial score (nSPS) is 36.0. The number of carbonyl (C=O) groups excluding carboxylic acids is 2. The maximum Gasteiger partial charge on any atom is 0.233 e. The zero-order valence-electron chi connectivity index (χ0n) is 14.4. The molecule has 0 unspecified atom stereocenters. The summed E-state index contributed by atoms with van der Waals surface area (Å²) < 4.78 is 0. The van der Waals surface area contributed by atoms with Crippen molar-refractivity contribution < 1.29 is 9.59 Å². The van der Waals surface area contributed by atoms with Gasteiger partial charge in [0, 0.05) is 17.8 Å². The lowest BCUT2D eigenvalue weighted by Gasteiger charge is -2.56. The average Bonchev–Trinajstić information content (AvgIpc) is 2.95. The number of ketones is 1. The Morgan fingerprint density at radius 1 is 1.04 bits per heavy atom. The van der Waals surface area contributed by atoms with Crippen LogP contribution in [0.25, 0.3) is 0 Å². The standard InChI is InChI=1S/C21H25NO2/c1-13(23)17-2-3-19-18(9-17)4-5-22(19)20(24)21-10-14-6-15(11-21)8-16(7-14)12-21/h2-3,9,14-16H,4-8,10-12H2,1H3. The minimum absolute atomic E-state index is 0.0738. The van der Waals surface area contributed by atoms with E-state index in [0.29, 0.717) is 5.91 Å². The molecule has 3 heteroatoms. The van der Waals surface area contributed by atoms with Gasteiger partial charge in [0.15, 0.2) is 5.78 Å². The van der Waals surface area contributed by atoms with Crippen LogP contribution < -0.4 is 4.90 Å². The molecule has 6 rings (SSSR count). The number of nitrogens with zero attached hydrogens (tertiary/aromatic N) is 1. The number of hydrogen-bond donors (Lipinski definition) is 0. The topological polar surface area (TPSA) is 37.4 Å². The Balaban J connectivity index is 1.46. The van der Waals surface area contributed by atoms with Gasteiger partial charge in [-0.05, 0) is 93.4 Å². The van der Waals surface area contributed by atoms with Crippen LogP contribution in [0, 0.1) is 23.2 Å². The van der Waals surface area contributed by atoms with Crippen LogP contribution in [0.5, 0.6) is 0 Å². The molecule has 4 aliphatic carbocycles. The Labute approximate surface area is 143 Å². The Morgan fingerprint density at radius 3 is 2.25 bits per heavy atom. The molecular formula is C21H25NO2. The van der Waals surface area contributed by atoms with Gasteiger partial charge in [0.2, 0.25) is 5.91 Å². The Kier molecular flexibility index (Phi) is 3.02. The van der Waals surface area contributed by atoms with Crippen LogP contribution in [-0.4, -0.2) is 18.2 Å². The quantitative estimate of drug-likeness (QED) is 0.772. The minimum atomic E-state index is -0.0738. The molecule has 0 N–H and O–H groups in total. The molecule has 0 atom stereocenters. The molecule has 24 heavy (non-hydrogen) atoms. The molecule has 0 saturated heterocycles. The summed E-state index contributed by atoms with van der Waals surface area (Å²) in [6.45, 7) is 2.40. The van der Waals surface area contributed by atoms with E-state index in [2.05, 4.69) is 0 Å². The second-order valence-corrected chi connectivity index (χ2v) is 8.80. The molecule has 5 aliphatic rings. The van der Waals surface area contributed by atoms with E-state index in [-0.39, 0.29) is 11.2 Å². The van der Waals surface area contributed by atoms with Gasteiger partial charge < -0.3 is 4.90 Å². The summed E-state index contributed by atoms with van der Waals surface area (Å²) in [5.74, 6) is 2.87. The van der Waals surface area contributed by atoms with Crippen LogP contribution in [0.3, 0.4) is 0 Å². The van der Waals surface area contributed by atoms with Crippen LogP contribution in [0.15, 0.2) is 18.2 Å². The summed E-state index contributed by atoms with van der Waals surface area (Å²) >= 11 is 0. The number of amides is 1. The van der Waals surface area contributed by atoms with Crippen molar-refractivity contribution in [2.45, 2.75) is 51.9 Å². The van der Waals surface area contributed by atoms with E-state index in [1.165, 1.54) is 24.8 Å². The van der Waals surface area contributed by atoms with Crippen molar-refractivity contribution in [2.24, 2.45) is 23.2 Å². The molecule has 4 saturated carbocycles. The van der Waals surface area contributed by atoms with Gasteiger partial charge in [-0.1, -0.05) is 0 Å². The fourth-order valence-corrected chi connectivity index (χ4v) is 6.49. The fraction of sp³-hybridized carbons (Fsp3) is 0.619. The van der Waals surface area contributed by atoms with E-state index >= 15 is 0 Å². The zero-order valence-corrected chi connectivity index (χ0v) is 14.4. The highest BCUT2D eigenvalue weighted by Gasteiger charge is 2.56. The number of rotatable bonds is 2. The molecular weight excluding hydrogens is 298 g/mol.